The van der Waals surface area contributed by atoms with E-state index < -0.39 is 0 Å². The van der Waals surface area contributed by atoms with Gasteiger partial charge in [0.2, 0.25) is 5.88 Å². The lowest BCUT2D eigenvalue weighted by Gasteiger charge is -2.17. The summed E-state index contributed by atoms with van der Waals surface area (Å²) in [5.41, 5.74) is 0.211. The van der Waals surface area contributed by atoms with E-state index in [4.69, 9.17) is 0 Å². The number of nitrogens with zero attached hydrogens (tertiary/aromatic N) is 1. The molecule has 0 atom stereocenters. The molecule has 0 aromatic carbocycles. The highest BCUT2D eigenvalue weighted by Gasteiger charge is 2.16. The van der Waals surface area contributed by atoms with Crippen LogP contribution in [0.3, 0.4) is 0 Å². The Bertz CT molecular complexity index is 416. The molecule has 0 radical (unpaired) electrons. The fourth-order valence-electron chi connectivity index (χ4n) is 1.59. The fourth-order valence-corrected chi connectivity index (χ4v) is 1.59. The minimum atomic E-state index is -0.214. The number of H-pyrrole nitrogens is 1. The second kappa shape index (κ2) is 4.68. The molecule has 0 aliphatic rings. The predicted octanol–water partition coefficient (Wildman–Crippen LogP) is 2.02. The summed E-state index contributed by atoms with van der Waals surface area (Å²) in [6.07, 6.45) is 2.02. The van der Waals surface area contributed by atoms with E-state index in [1.54, 1.807) is 0 Å². The molecule has 2 N–H and O–H groups in total. The summed E-state index contributed by atoms with van der Waals surface area (Å²) >= 11 is 0. The number of rotatable bonds is 3. The van der Waals surface area contributed by atoms with Crippen molar-refractivity contribution in [3.8, 4) is 5.88 Å². The van der Waals surface area contributed by atoms with E-state index >= 15 is 0 Å². The van der Waals surface area contributed by atoms with Crippen molar-refractivity contribution in [3.63, 3.8) is 0 Å². The highest BCUT2D eigenvalue weighted by Crippen LogP contribution is 2.19. The lowest BCUT2D eigenvalue weighted by Crippen LogP contribution is -2.20. The van der Waals surface area contributed by atoms with Gasteiger partial charge < -0.3 is 10.1 Å². The quantitative estimate of drug-likeness (QED) is 0.825. The molecule has 0 saturated heterocycles. The Labute approximate surface area is 95.7 Å². The van der Waals surface area contributed by atoms with Crippen LogP contribution in [-0.4, -0.2) is 15.1 Å². The van der Waals surface area contributed by atoms with Crippen LogP contribution in [0.25, 0.3) is 0 Å². The number of aromatic amines is 1. The van der Waals surface area contributed by atoms with Gasteiger partial charge in [-0.05, 0) is 11.8 Å². The molecule has 1 aromatic heterocycles. The summed E-state index contributed by atoms with van der Waals surface area (Å²) in [6.45, 7) is 8.14. The Morgan fingerprint density at radius 1 is 1.38 bits per heavy atom. The lowest BCUT2D eigenvalue weighted by atomic mass is 9.92. The van der Waals surface area contributed by atoms with Gasteiger partial charge in [0.25, 0.3) is 5.56 Å². The van der Waals surface area contributed by atoms with E-state index in [1.807, 2.05) is 6.92 Å². The molecular formula is C12H20N2O2. The topological polar surface area (TPSA) is 66.0 Å². The van der Waals surface area contributed by atoms with Crippen molar-refractivity contribution >= 4 is 0 Å². The first-order valence-corrected chi connectivity index (χ1v) is 5.64. The number of hydrogen-bond donors (Lipinski definition) is 2. The van der Waals surface area contributed by atoms with Gasteiger partial charge in [0.1, 0.15) is 5.82 Å². The van der Waals surface area contributed by atoms with Gasteiger partial charge in [0.05, 0.1) is 5.56 Å². The zero-order valence-corrected chi connectivity index (χ0v) is 10.4. The maximum absolute atomic E-state index is 11.7. The van der Waals surface area contributed by atoms with Crippen LogP contribution in [0.15, 0.2) is 4.79 Å². The van der Waals surface area contributed by atoms with Crippen molar-refractivity contribution in [1.29, 1.82) is 0 Å². The number of aromatic hydroxyl groups is 1. The second-order valence-corrected chi connectivity index (χ2v) is 5.30. The average Bonchev–Trinajstić information content (AvgIpc) is 2.08. The van der Waals surface area contributed by atoms with E-state index in [0.29, 0.717) is 24.2 Å². The van der Waals surface area contributed by atoms with Gasteiger partial charge in [-0.1, -0.05) is 34.1 Å². The Kier molecular flexibility index (Phi) is 3.73. The van der Waals surface area contributed by atoms with E-state index in [0.717, 1.165) is 6.42 Å². The Balaban J connectivity index is 3.05. The fraction of sp³-hybridized carbons (Fsp3) is 0.667. The molecule has 0 unspecified atom stereocenters. The molecule has 0 saturated carbocycles. The third kappa shape index (κ3) is 3.36. The summed E-state index contributed by atoms with van der Waals surface area (Å²) in [7, 11) is 0. The summed E-state index contributed by atoms with van der Waals surface area (Å²) in [5, 5.41) is 9.67. The summed E-state index contributed by atoms with van der Waals surface area (Å²) in [6, 6.07) is 0. The summed E-state index contributed by atoms with van der Waals surface area (Å²) < 4.78 is 0. The monoisotopic (exact) mass is 224 g/mol. The van der Waals surface area contributed by atoms with Gasteiger partial charge in [0.15, 0.2) is 0 Å². The van der Waals surface area contributed by atoms with Crippen LogP contribution in [0.4, 0.5) is 0 Å². The van der Waals surface area contributed by atoms with Crippen LogP contribution < -0.4 is 5.56 Å². The van der Waals surface area contributed by atoms with Crippen molar-refractivity contribution in [2.75, 3.05) is 0 Å². The van der Waals surface area contributed by atoms with E-state index in [-0.39, 0.29) is 16.9 Å². The molecule has 0 aliphatic heterocycles. The number of aromatic nitrogens is 2. The van der Waals surface area contributed by atoms with E-state index in [2.05, 4.69) is 30.7 Å². The van der Waals surface area contributed by atoms with Crippen LogP contribution in [-0.2, 0) is 12.8 Å². The second-order valence-electron chi connectivity index (χ2n) is 5.30. The van der Waals surface area contributed by atoms with Crippen molar-refractivity contribution in [3.05, 3.63) is 21.7 Å². The van der Waals surface area contributed by atoms with Gasteiger partial charge in [-0.3, -0.25) is 4.79 Å². The van der Waals surface area contributed by atoms with Gasteiger partial charge in [0, 0.05) is 6.42 Å². The van der Waals surface area contributed by atoms with Gasteiger partial charge in [-0.15, -0.1) is 0 Å². The highest BCUT2D eigenvalue weighted by atomic mass is 16.3. The van der Waals surface area contributed by atoms with Crippen LogP contribution >= 0.6 is 0 Å². The average molecular weight is 224 g/mol. The molecular weight excluding hydrogens is 204 g/mol. The SMILES string of the molecule is CCCc1c(O)nc(CC(C)(C)C)[nH]c1=O. The van der Waals surface area contributed by atoms with Crippen LogP contribution in [0, 0.1) is 5.41 Å². The van der Waals surface area contributed by atoms with Crippen molar-refractivity contribution < 1.29 is 5.11 Å². The molecule has 0 bridgehead atoms. The first-order chi connectivity index (χ1) is 7.33. The van der Waals surface area contributed by atoms with Crippen LogP contribution in [0.1, 0.15) is 45.5 Å². The van der Waals surface area contributed by atoms with Crippen molar-refractivity contribution in [2.24, 2.45) is 5.41 Å². The molecule has 16 heavy (non-hydrogen) atoms. The standard InChI is InChI=1S/C12H20N2O2/c1-5-6-8-10(15)13-9(14-11(8)16)7-12(2,3)4/h5-7H2,1-4H3,(H2,13,14,15,16). The lowest BCUT2D eigenvalue weighted by molar-refractivity contribution is 0.389. The molecule has 0 spiro atoms. The smallest absolute Gasteiger partial charge is 0.257 e. The van der Waals surface area contributed by atoms with Crippen molar-refractivity contribution in [1.82, 2.24) is 9.97 Å². The number of nitrogens with one attached hydrogen (secondary N) is 1. The van der Waals surface area contributed by atoms with E-state index in [9.17, 15) is 9.90 Å². The third-order valence-corrected chi connectivity index (χ3v) is 2.24. The highest BCUT2D eigenvalue weighted by molar-refractivity contribution is 5.22. The zero-order chi connectivity index (χ0) is 12.3. The molecule has 1 heterocycles. The molecule has 1 aromatic rings. The minimum absolute atomic E-state index is 0.0364. The van der Waals surface area contributed by atoms with Crippen LogP contribution in [0.2, 0.25) is 0 Å². The van der Waals surface area contributed by atoms with Gasteiger partial charge in [-0.25, -0.2) is 4.98 Å². The Morgan fingerprint density at radius 3 is 2.44 bits per heavy atom. The normalized spacial score (nSPS) is 11.8. The molecule has 90 valence electrons. The molecule has 0 aliphatic carbocycles. The van der Waals surface area contributed by atoms with Gasteiger partial charge >= 0.3 is 0 Å². The minimum Gasteiger partial charge on any atom is -0.493 e. The predicted molar refractivity (Wildman–Crippen MR) is 63.7 cm³/mol. The molecule has 1 rings (SSSR count). The summed E-state index contributed by atoms with van der Waals surface area (Å²) in [5.74, 6) is 0.430. The van der Waals surface area contributed by atoms with Gasteiger partial charge in [-0.2, -0.15) is 0 Å². The first kappa shape index (κ1) is 12.7. The number of hydrogen-bond acceptors (Lipinski definition) is 3. The third-order valence-electron chi connectivity index (χ3n) is 2.24. The molecule has 4 nitrogen and oxygen atoms in total. The maximum Gasteiger partial charge on any atom is 0.257 e. The zero-order valence-electron chi connectivity index (χ0n) is 10.4. The van der Waals surface area contributed by atoms with Crippen molar-refractivity contribution in [2.45, 2.75) is 47.0 Å². The van der Waals surface area contributed by atoms with Crippen LogP contribution in [0.5, 0.6) is 5.88 Å². The summed E-state index contributed by atoms with van der Waals surface area (Å²) in [4.78, 5) is 18.5. The largest absolute Gasteiger partial charge is 0.493 e. The molecule has 4 heteroatoms. The first-order valence-electron chi connectivity index (χ1n) is 5.64. The van der Waals surface area contributed by atoms with E-state index in [1.165, 1.54) is 0 Å². The Morgan fingerprint density at radius 2 is 2.00 bits per heavy atom. The molecule has 0 fully saturated rings. The molecule has 0 amide bonds. The maximum atomic E-state index is 11.7. The Hall–Kier alpha value is -1.32.